The number of benzene rings is 1. The fraction of sp³-hybridized carbons (Fsp3) is 0.680. The Balaban J connectivity index is 1.54. The van der Waals surface area contributed by atoms with Crippen molar-refractivity contribution in [2.24, 2.45) is 5.92 Å². The third-order valence-electron chi connectivity index (χ3n) is 6.02. The van der Waals surface area contributed by atoms with Crippen LogP contribution in [0.15, 0.2) is 18.2 Å². The zero-order valence-electron chi connectivity index (χ0n) is 18.8. The molecular weight excluding hydrogens is 400 g/mol. The third-order valence-corrected chi connectivity index (χ3v) is 6.02. The van der Waals surface area contributed by atoms with Crippen LogP contribution in [0.2, 0.25) is 0 Å². The highest BCUT2D eigenvalue weighted by molar-refractivity contribution is 5.94. The lowest BCUT2D eigenvalue weighted by Crippen LogP contribution is -2.40. The first-order valence-corrected chi connectivity index (χ1v) is 11.9. The minimum Gasteiger partial charge on any atom is -0.465 e. The standard InChI is InChI=1S/C25H37F2NO3/c1-2-3-4-5-6-7-8-9-10-11-18-31-25(30)20-14-16-28(17-15-20)24(29)21-12-13-22(26)23(27)19-21/h12-13,19-20H,2-11,14-18H2,1H3. The van der Waals surface area contributed by atoms with Gasteiger partial charge in [0.15, 0.2) is 11.6 Å². The topological polar surface area (TPSA) is 46.6 Å². The van der Waals surface area contributed by atoms with E-state index < -0.39 is 11.6 Å². The van der Waals surface area contributed by atoms with E-state index in [-0.39, 0.29) is 23.4 Å². The summed E-state index contributed by atoms with van der Waals surface area (Å²) in [7, 11) is 0. The number of likely N-dealkylation sites (tertiary alicyclic amines) is 1. The second kappa shape index (κ2) is 14.2. The molecule has 0 unspecified atom stereocenters. The van der Waals surface area contributed by atoms with Gasteiger partial charge in [-0.1, -0.05) is 64.7 Å². The summed E-state index contributed by atoms with van der Waals surface area (Å²) < 4.78 is 31.8. The number of carbonyl (C=O) groups is 2. The average Bonchev–Trinajstić information content (AvgIpc) is 2.78. The van der Waals surface area contributed by atoms with Crippen LogP contribution < -0.4 is 0 Å². The lowest BCUT2D eigenvalue weighted by molar-refractivity contribution is -0.150. The number of amides is 1. The van der Waals surface area contributed by atoms with Gasteiger partial charge in [0.1, 0.15) is 0 Å². The molecule has 1 aliphatic heterocycles. The molecule has 0 atom stereocenters. The van der Waals surface area contributed by atoms with Crippen LogP contribution in [-0.4, -0.2) is 36.5 Å². The van der Waals surface area contributed by atoms with Crippen molar-refractivity contribution in [3.8, 4) is 0 Å². The molecule has 1 aromatic rings. The fourth-order valence-electron chi connectivity index (χ4n) is 4.01. The Morgan fingerprint density at radius 3 is 2.06 bits per heavy atom. The number of halogens is 2. The maximum Gasteiger partial charge on any atom is 0.309 e. The van der Waals surface area contributed by atoms with E-state index in [2.05, 4.69) is 6.92 Å². The molecule has 2 rings (SSSR count). The van der Waals surface area contributed by atoms with Crippen molar-refractivity contribution in [1.82, 2.24) is 4.90 Å². The summed E-state index contributed by atoms with van der Waals surface area (Å²) in [5.41, 5.74) is 0.126. The molecule has 1 heterocycles. The molecule has 174 valence electrons. The van der Waals surface area contributed by atoms with Crippen molar-refractivity contribution in [1.29, 1.82) is 0 Å². The Kier molecular flexibility index (Phi) is 11.5. The summed E-state index contributed by atoms with van der Waals surface area (Å²) in [6, 6.07) is 3.17. The SMILES string of the molecule is CCCCCCCCCCCCOC(=O)C1CCN(C(=O)c2ccc(F)c(F)c2)CC1. The number of rotatable bonds is 13. The highest BCUT2D eigenvalue weighted by atomic mass is 19.2. The Morgan fingerprint density at radius 1 is 0.903 bits per heavy atom. The molecule has 1 fully saturated rings. The van der Waals surface area contributed by atoms with E-state index in [0.717, 1.165) is 25.0 Å². The molecule has 0 spiro atoms. The van der Waals surface area contributed by atoms with E-state index in [0.29, 0.717) is 32.5 Å². The van der Waals surface area contributed by atoms with E-state index >= 15 is 0 Å². The molecule has 0 aliphatic carbocycles. The minimum absolute atomic E-state index is 0.126. The number of ether oxygens (including phenoxy) is 1. The van der Waals surface area contributed by atoms with Gasteiger partial charge in [-0.05, 0) is 37.5 Å². The van der Waals surface area contributed by atoms with Gasteiger partial charge >= 0.3 is 5.97 Å². The molecule has 0 aromatic heterocycles. The molecule has 0 saturated carbocycles. The van der Waals surface area contributed by atoms with E-state index in [1.807, 2.05) is 0 Å². The van der Waals surface area contributed by atoms with Gasteiger partial charge in [-0.2, -0.15) is 0 Å². The van der Waals surface area contributed by atoms with Crippen LogP contribution in [0, 0.1) is 17.6 Å². The van der Waals surface area contributed by atoms with Crippen LogP contribution in [0.3, 0.4) is 0 Å². The van der Waals surface area contributed by atoms with Gasteiger partial charge in [0.2, 0.25) is 0 Å². The molecule has 0 N–H and O–H groups in total. The molecule has 1 saturated heterocycles. The van der Waals surface area contributed by atoms with Gasteiger partial charge < -0.3 is 9.64 Å². The van der Waals surface area contributed by atoms with E-state index in [1.165, 1.54) is 57.4 Å². The first-order chi connectivity index (χ1) is 15.0. The Labute approximate surface area is 185 Å². The van der Waals surface area contributed by atoms with Gasteiger partial charge in [-0.3, -0.25) is 9.59 Å². The number of carbonyl (C=O) groups excluding carboxylic acids is 2. The van der Waals surface area contributed by atoms with Crippen LogP contribution in [-0.2, 0) is 9.53 Å². The number of piperidine rings is 1. The highest BCUT2D eigenvalue weighted by Gasteiger charge is 2.29. The first-order valence-electron chi connectivity index (χ1n) is 11.9. The Hall–Kier alpha value is -1.98. The van der Waals surface area contributed by atoms with Crippen molar-refractivity contribution in [2.75, 3.05) is 19.7 Å². The zero-order valence-corrected chi connectivity index (χ0v) is 18.8. The van der Waals surface area contributed by atoms with Crippen LogP contribution in [0.1, 0.15) is 94.3 Å². The quantitative estimate of drug-likeness (QED) is 0.269. The van der Waals surface area contributed by atoms with Crippen LogP contribution >= 0.6 is 0 Å². The Morgan fingerprint density at radius 2 is 1.48 bits per heavy atom. The monoisotopic (exact) mass is 437 g/mol. The molecule has 1 aliphatic rings. The lowest BCUT2D eigenvalue weighted by atomic mass is 9.96. The predicted octanol–water partition coefficient (Wildman–Crippen LogP) is 6.28. The van der Waals surface area contributed by atoms with E-state index in [1.54, 1.807) is 4.90 Å². The third kappa shape index (κ3) is 8.96. The Bertz CT molecular complexity index is 687. The van der Waals surface area contributed by atoms with Gasteiger partial charge in [0.25, 0.3) is 5.91 Å². The first kappa shape index (κ1) is 25.3. The number of esters is 1. The molecule has 6 heteroatoms. The minimum atomic E-state index is -1.03. The maximum absolute atomic E-state index is 13.4. The van der Waals surface area contributed by atoms with Crippen molar-refractivity contribution in [2.45, 2.75) is 84.0 Å². The molecule has 0 radical (unpaired) electrons. The summed E-state index contributed by atoms with van der Waals surface area (Å²) in [6.45, 7) is 3.52. The molecule has 0 bridgehead atoms. The van der Waals surface area contributed by atoms with Gasteiger partial charge in [0, 0.05) is 18.7 Å². The fourth-order valence-corrected chi connectivity index (χ4v) is 4.01. The number of unbranched alkanes of at least 4 members (excludes halogenated alkanes) is 9. The summed E-state index contributed by atoms with van der Waals surface area (Å²) in [5, 5.41) is 0. The second-order valence-corrected chi connectivity index (χ2v) is 8.54. The number of hydrogen-bond donors (Lipinski definition) is 0. The second-order valence-electron chi connectivity index (χ2n) is 8.54. The summed E-state index contributed by atoms with van der Waals surface area (Å²) in [4.78, 5) is 26.3. The highest BCUT2D eigenvalue weighted by Crippen LogP contribution is 2.21. The van der Waals surface area contributed by atoms with E-state index in [4.69, 9.17) is 4.74 Å². The molecule has 1 aromatic carbocycles. The largest absolute Gasteiger partial charge is 0.465 e. The van der Waals surface area contributed by atoms with Crippen molar-refractivity contribution in [3.63, 3.8) is 0 Å². The summed E-state index contributed by atoms with van der Waals surface area (Å²) in [6.07, 6.45) is 13.4. The predicted molar refractivity (Wildman–Crippen MR) is 118 cm³/mol. The average molecular weight is 438 g/mol. The van der Waals surface area contributed by atoms with Gasteiger partial charge in [0.05, 0.1) is 12.5 Å². The van der Waals surface area contributed by atoms with Crippen LogP contribution in [0.25, 0.3) is 0 Å². The lowest BCUT2D eigenvalue weighted by Gasteiger charge is -2.31. The van der Waals surface area contributed by atoms with Crippen molar-refractivity contribution >= 4 is 11.9 Å². The maximum atomic E-state index is 13.4. The van der Waals surface area contributed by atoms with E-state index in [9.17, 15) is 18.4 Å². The smallest absolute Gasteiger partial charge is 0.309 e. The van der Waals surface area contributed by atoms with Gasteiger partial charge in [-0.25, -0.2) is 8.78 Å². The molecular formula is C25H37F2NO3. The molecule has 31 heavy (non-hydrogen) atoms. The van der Waals surface area contributed by atoms with Crippen molar-refractivity contribution in [3.05, 3.63) is 35.4 Å². The molecule has 4 nitrogen and oxygen atoms in total. The zero-order chi connectivity index (χ0) is 22.5. The normalized spacial score (nSPS) is 14.6. The van der Waals surface area contributed by atoms with Crippen molar-refractivity contribution < 1.29 is 23.1 Å². The van der Waals surface area contributed by atoms with Gasteiger partial charge in [-0.15, -0.1) is 0 Å². The summed E-state index contributed by atoms with van der Waals surface area (Å²) in [5.74, 6) is -2.72. The van der Waals surface area contributed by atoms with Crippen LogP contribution in [0.4, 0.5) is 8.78 Å². The number of nitrogens with zero attached hydrogens (tertiary/aromatic N) is 1. The number of hydrogen-bond acceptors (Lipinski definition) is 3. The van der Waals surface area contributed by atoms with Crippen LogP contribution in [0.5, 0.6) is 0 Å². The molecule has 1 amide bonds. The summed E-state index contributed by atoms with van der Waals surface area (Å²) >= 11 is 0.